The number of rotatable bonds is 3. The van der Waals surface area contributed by atoms with Gasteiger partial charge < -0.3 is 14.8 Å². The van der Waals surface area contributed by atoms with E-state index in [2.05, 4.69) is 59.0 Å². The van der Waals surface area contributed by atoms with Crippen LogP contribution in [0.15, 0.2) is 54.6 Å². The van der Waals surface area contributed by atoms with E-state index in [-0.39, 0.29) is 41.4 Å². The minimum Gasteiger partial charge on any atom is -0.351 e. The Labute approximate surface area is 201 Å². The normalized spacial score (nSPS) is 30.1. The number of fused-ring (bicyclic) bond motifs is 2. The van der Waals surface area contributed by atoms with Crippen LogP contribution in [0, 0.1) is 12.3 Å². The highest BCUT2D eigenvalue weighted by atomic mass is 16.2. The van der Waals surface area contributed by atoms with Gasteiger partial charge in [-0.25, -0.2) is 0 Å². The molecule has 2 aliphatic heterocycles. The van der Waals surface area contributed by atoms with Gasteiger partial charge in [0.1, 0.15) is 5.69 Å². The summed E-state index contributed by atoms with van der Waals surface area (Å²) in [6.07, 6.45) is 4.83. The second-order valence-corrected chi connectivity index (χ2v) is 10.9. The molecule has 2 aromatic carbocycles. The van der Waals surface area contributed by atoms with Crippen molar-refractivity contribution in [1.29, 1.82) is 0 Å². The number of aromatic nitrogens is 1. The number of nitrogens with zero attached hydrogens (tertiary/aromatic N) is 2. The zero-order valence-corrected chi connectivity index (χ0v) is 20.3. The van der Waals surface area contributed by atoms with Crippen LogP contribution in [0.4, 0.5) is 0 Å². The first kappa shape index (κ1) is 21.5. The number of nitrogens with one attached hydrogen (secondary N) is 1. The lowest BCUT2D eigenvalue weighted by Crippen LogP contribution is -2.62. The molecule has 0 radical (unpaired) electrons. The molecule has 0 spiro atoms. The summed E-state index contributed by atoms with van der Waals surface area (Å²) in [5, 5.41) is 1.10. The van der Waals surface area contributed by atoms with Gasteiger partial charge >= 0.3 is 0 Å². The molecular weight excluding hydrogens is 422 g/mol. The van der Waals surface area contributed by atoms with Crippen molar-refractivity contribution >= 4 is 22.7 Å². The van der Waals surface area contributed by atoms with E-state index in [0.717, 1.165) is 43.0 Å². The Hall–Kier alpha value is -3.08. The molecule has 1 aromatic heterocycles. The summed E-state index contributed by atoms with van der Waals surface area (Å²) in [5.41, 5.74) is 3.98. The van der Waals surface area contributed by atoms with E-state index >= 15 is 0 Å². The highest BCUT2D eigenvalue weighted by molar-refractivity contribution is 5.99. The number of amides is 2. The second-order valence-electron chi connectivity index (χ2n) is 10.9. The van der Waals surface area contributed by atoms with Gasteiger partial charge in [-0.1, -0.05) is 49.4 Å². The molecule has 2 saturated heterocycles. The van der Waals surface area contributed by atoms with Crippen molar-refractivity contribution < 1.29 is 9.59 Å². The van der Waals surface area contributed by atoms with Crippen molar-refractivity contribution in [3.8, 4) is 0 Å². The van der Waals surface area contributed by atoms with Crippen molar-refractivity contribution in [1.82, 2.24) is 14.8 Å². The number of H-pyrrole nitrogens is 1. The molecule has 2 amide bonds. The molecule has 34 heavy (non-hydrogen) atoms. The Balaban J connectivity index is 1.48. The predicted octanol–water partition coefficient (Wildman–Crippen LogP) is 5.09. The molecule has 3 aromatic rings. The summed E-state index contributed by atoms with van der Waals surface area (Å²) in [6, 6.07) is 19.0. The fourth-order valence-corrected chi connectivity index (χ4v) is 7.49. The van der Waals surface area contributed by atoms with Crippen molar-refractivity contribution in [3.63, 3.8) is 0 Å². The Morgan fingerprint density at radius 2 is 1.76 bits per heavy atom. The van der Waals surface area contributed by atoms with Crippen molar-refractivity contribution in [2.75, 3.05) is 0 Å². The molecule has 5 heteroatoms. The maximum atomic E-state index is 14.3. The maximum absolute atomic E-state index is 14.3. The zero-order chi connectivity index (χ0) is 23.6. The number of benzene rings is 2. The van der Waals surface area contributed by atoms with Crippen molar-refractivity contribution in [3.05, 3.63) is 71.4 Å². The smallest absolute Gasteiger partial charge is 0.270 e. The Morgan fingerprint density at radius 3 is 2.47 bits per heavy atom. The minimum atomic E-state index is -0.0562. The molecule has 2 bridgehead atoms. The number of piperidine rings is 1. The van der Waals surface area contributed by atoms with Crippen molar-refractivity contribution in [2.45, 2.75) is 77.0 Å². The lowest BCUT2D eigenvalue weighted by molar-refractivity contribution is -0.133. The van der Waals surface area contributed by atoms with Crippen LogP contribution in [0.2, 0.25) is 0 Å². The number of aryl methyl sites for hydroxylation is 1. The summed E-state index contributed by atoms with van der Waals surface area (Å²) in [7, 11) is 0. The highest BCUT2D eigenvalue weighted by Crippen LogP contribution is 2.56. The average molecular weight is 456 g/mol. The second kappa shape index (κ2) is 7.72. The highest BCUT2D eigenvalue weighted by Gasteiger charge is 2.64. The maximum Gasteiger partial charge on any atom is 0.270 e. The molecule has 5 atom stereocenters. The molecule has 176 valence electrons. The standard InChI is InChI=1S/C29H33N3O2/c1-18-9-7-12-22-21(18)16-23(30-22)28(34)32-24(15-20-10-5-4-6-11-20)25-17-29(3)26(31(25)19(2)33)13-8-14-27(29)32/h4-7,9-12,16,24-27,30H,8,13-15,17H2,1-3H3/t24-,25-,26-,27+,29-/m0/s1. The fraction of sp³-hybridized carbons (Fsp3) is 0.448. The van der Waals surface area contributed by atoms with Gasteiger partial charge in [0.2, 0.25) is 5.91 Å². The van der Waals surface area contributed by atoms with Crippen LogP contribution >= 0.6 is 0 Å². The Kier molecular flexibility index (Phi) is 4.87. The van der Waals surface area contributed by atoms with Gasteiger partial charge in [0, 0.05) is 35.3 Å². The summed E-state index contributed by atoms with van der Waals surface area (Å²) in [6.45, 7) is 6.12. The first-order valence-electron chi connectivity index (χ1n) is 12.6. The van der Waals surface area contributed by atoms with Gasteiger partial charge in [-0.05, 0) is 62.3 Å². The number of likely N-dealkylation sites (tertiary alicyclic amines) is 2. The van der Waals surface area contributed by atoms with Crippen LogP contribution in [-0.4, -0.2) is 50.8 Å². The predicted molar refractivity (Wildman–Crippen MR) is 134 cm³/mol. The molecule has 1 aliphatic carbocycles. The molecule has 3 aliphatic rings. The third-order valence-electron chi connectivity index (χ3n) is 8.96. The van der Waals surface area contributed by atoms with Gasteiger partial charge in [0.05, 0.1) is 12.1 Å². The van der Waals surface area contributed by atoms with E-state index in [1.807, 2.05) is 24.3 Å². The van der Waals surface area contributed by atoms with Crippen LogP contribution < -0.4 is 0 Å². The first-order chi connectivity index (χ1) is 16.4. The molecule has 1 saturated carbocycles. The van der Waals surface area contributed by atoms with Crippen LogP contribution in [-0.2, 0) is 11.2 Å². The van der Waals surface area contributed by atoms with Gasteiger partial charge in [-0.15, -0.1) is 0 Å². The van der Waals surface area contributed by atoms with Crippen LogP contribution in [0.5, 0.6) is 0 Å². The molecule has 6 rings (SSSR count). The van der Waals surface area contributed by atoms with E-state index in [1.165, 1.54) is 11.1 Å². The number of hydrogen-bond donors (Lipinski definition) is 1. The number of carbonyl (C=O) groups is 2. The molecule has 3 heterocycles. The largest absolute Gasteiger partial charge is 0.351 e. The van der Waals surface area contributed by atoms with E-state index < -0.39 is 0 Å². The monoisotopic (exact) mass is 455 g/mol. The number of carbonyl (C=O) groups excluding carboxylic acids is 2. The number of aromatic amines is 1. The third-order valence-corrected chi connectivity index (χ3v) is 8.96. The SMILES string of the molecule is CC(=O)N1[C@H]2CCC[C@H]3N(C(=O)c4cc5c(C)cccc5[nH]4)[C@@H](Cc4ccccc4)[C@@H]1C[C@@]23C. The fourth-order valence-electron chi connectivity index (χ4n) is 7.49. The Morgan fingerprint density at radius 1 is 1.03 bits per heavy atom. The minimum absolute atomic E-state index is 0.0347. The zero-order valence-electron chi connectivity index (χ0n) is 20.3. The molecule has 3 fully saturated rings. The summed E-state index contributed by atoms with van der Waals surface area (Å²) < 4.78 is 0. The quantitative estimate of drug-likeness (QED) is 0.598. The van der Waals surface area contributed by atoms with E-state index in [0.29, 0.717) is 5.69 Å². The first-order valence-corrected chi connectivity index (χ1v) is 12.6. The van der Waals surface area contributed by atoms with E-state index in [1.54, 1.807) is 6.92 Å². The van der Waals surface area contributed by atoms with Crippen LogP contribution in [0.25, 0.3) is 10.9 Å². The molecule has 0 unspecified atom stereocenters. The molecule has 5 nitrogen and oxygen atoms in total. The summed E-state index contributed by atoms with van der Waals surface area (Å²) >= 11 is 0. The van der Waals surface area contributed by atoms with E-state index in [4.69, 9.17) is 0 Å². The van der Waals surface area contributed by atoms with E-state index in [9.17, 15) is 9.59 Å². The van der Waals surface area contributed by atoms with Crippen molar-refractivity contribution in [2.24, 2.45) is 5.41 Å². The van der Waals surface area contributed by atoms with Gasteiger partial charge in [0.15, 0.2) is 0 Å². The summed E-state index contributed by atoms with van der Waals surface area (Å²) in [4.78, 5) is 35.0. The lowest BCUT2D eigenvalue weighted by atomic mass is 9.64. The third kappa shape index (κ3) is 3.05. The molecular formula is C29H33N3O2. The van der Waals surface area contributed by atoms with Gasteiger partial charge in [0.25, 0.3) is 5.91 Å². The van der Waals surface area contributed by atoms with Crippen LogP contribution in [0.1, 0.15) is 61.1 Å². The Bertz CT molecular complexity index is 1260. The summed E-state index contributed by atoms with van der Waals surface area (Å²) in [5.74, 6) is 0.219. The van der Waals surface area contributed by atoms with Gasteiger partial charge in [-0.2, -0.15) is 0 Å². The molecule has 1 N–H and O–H groups in total. The topological polar surface area (TPSA) is 56.4 Å². The average Bonchev–Trinajstić information content (AvgIpc) is 3.39. The lowest BCUT2D eigenvalue weighted by Gasteiger charge is -2.52. The van der Waals surface area contributed by atoms with Gasteiger partial charge in [-0.3, -0.25) is 9.59 Å². The number of hydrogen-bond acceptors (Lipinski definition) is 2. The van der Waals surface area contributed by atoms with Crippen LogP contribution in [0.3, 0.4) is 0 Å².